The number of amides is 1. The van der Waals surface area contributed by atoms with E-state index in [9.17, 15) is 4.79 Å². The summed E-state index contributed by atoms with van der Waals surface area (Å²) < 4.78 is 14.5. The van der Waals surface area contributed by atoms with E-state index in [1.807, 2.05) is 30.9 Å². The summed E-state index contributed by atoms with van der Waals surface area (Å²) in [6, 6.07) is -0.113. The van der Waals surface area contributed by atoms with Crippen molar-refractivity contribution < 1.29 is 14.3 Å². The molecule has 1 aliphatic rings. The van der Waals surface area contributed by atoms with Crippen molar-refractivity contribution in [3.8, 4) is 0 Å². The van der Waals surface area contributed by atoms with Gasteiger partial charge in [0.25, 0.3) is 5.91 Å². The van der Waals surface area contributed by atoms with Gasteiger partial charge >= 0.3 is 0 Å². The predicted molar refractivity (Wildman–Crippen MR) is 71.7 cm³/mol. The molecule has 1 fully saturated rings. The number of ether oxygens (including phenoxy) is 2. The Bertz CT molecular complexity index is 618. The number of hydrogen-bond donors (Lipinski definition) is 1. The van der Waals surface area contributed by atoms with Crippen molar-refractivity contribution in [3.05, 3.63) is 24.2 Å². The van der Waals surface area contributed by atoms with Gasteiger partial charge in [-0.15, -0.1) is 0 Å². The van der Waals surface area contributed by atoms with E-state index >= 15 is 0 Å². The lowest BCUT2D eigenvalue weighted by atomic mass is 10.2. The van der Waals surface area contributed by atoms with Gasteiger partial charge in [-0.25, -0.2) is 4.52 Å². The number of nitrogens with one attached hydrogen (secondary N) is 1. The summed E-state index contributed by atoms with van der Waals surface area (Å²) >= 11 is 0. The third-order valence-electron chi connectivity index (χ3n) is 3.50. The highest BCUT2D eigenvalue weighted by atomic mass is 16.5. The summed E-state index contributed by atoms with van der Waals surface area (Å²) in [4.78, 5) is 12.4. The van der Waals surface area contributed by atoms with E-state index in [2.05, 4.69) is 10.4 Å². The van der Waals surface area contributed by atoms with Crippen LogP contribution in [0.25, 0.3) is 5.65 Å². The van der Waals surface area contributed by atoms with Crippen LogP contribution in [0, 0.1) is 0 Å². The Hall–Kier alpha value is -1.86. The highest BCUT2D eigenvalue weighted by Crippen LogP contribution is 2.14. The Balaban J connectivity index is 1.77. The first-order valence-corrected chi connectivity index (χ1v) is 6.69. The van der Waals surface area contributed by atoms with E-state index in [1.54, 1.807) is 10.7 Å². The summed E-state index contributed by atoms with van der Waals surface area (Å²) in [5.41, 5.74) is 1.33. The molecule has 0 bridgehead atoms. The number of carbonyl (C=O) groups excluding carboxylic acids is 1. The van der Waals surface area contributed by atoms with Gasteiger partial charge in [0.1, 0.15) is 17.3 Å². The second-order valence-corrected chi connectivity index (χ2v) is 4.85. The summed E-state index contributed by atoms with van der Waals surface area (Å²) in [7, 11) is 1.88. The third-order valence-corrected chi connectivity index (χ3v) is 3.50. The average Bonchev–Trinajstić information content (AvgIpc) is 3.10. The van der Waals surface area contributed by atoms with Crippen molar-refractivity contribution in [2.75, 3.05) is 19.8 Å². The molecule has 1 saturated heterocycles. The maximum Gasteiger partial charge on any atom is 0.257 e. The van der Waals surface area contributed by atoms with Crippen LogP contribution in [0.1, 0.15) is 17.3 Å². The molecule has 1 aliphatic heterocycles. The molecule has 0 unspecified atom stereocenters. The van der Waals surface area contributed by atoms with Crippen LogP contribution >= 0.6 is 0 Å². The number of hydrogen-bond acceptors (Lipinski definition) is 4. The molecule has 7 heteroatoms. The van der Waals surface area contributed by atoms with Crippen LogP contribution in [-0.4, -0.2) is 52.1 Å². The minimum atomic E-state index is -0.151. The molecule has 2 atom stereocenters. The predicted octanol–water partition coefficient (Wildman–Crippen LogP) is 0.206. The fourth-order valence-electron chi connectivity index (χ4n) is 2.50. The Morgan fingerprint density at radius 1 is 1.55 bits per heavy atom. The van der Waals surface area contributed by atoms with Gasteiger partial charge in [-0.2, -0.15) is 5.10 Å². The molecule has 1 N–H and O–H groups in total. The number of nitrogens with zero attached hydrogens (tertiary/aromatic N) is 3. The van der Waals surface area contributed by atoms with Crippen LogP contribution in [-0.2, 0) is 16.5 Å². The maximum atomic E-state index is 12.4. The van der Waals surface area contributed by atoms with Gasteiger partial charge in [-0.3, -0.25) is 4.79 Å². The molecule has 3 heterocycles. The molecular formula is C13H18N4O3. The average molecular weight is 278 g/mol. The monoisotopic (exact) mass is 278 g/mol. The molecule has 108 valence electrons. The van der Waals surface area contributed by atoms with Crippen LogP contribution in [0.15, 0.2) is 18.6 Å². The second kappa shape index (κ2) is 5.26. The smallest absolute Gasteiger partial charge is 0.257 e. The van der Waals surface area contributed by atoms with Crippen molar-refractivity contribution in [2.24, 2.45) is 7.05 Å². The van der Waals surface area contributed by atoms with E-state index in [4.69, 9.17) is 9.47 Å². The van der Waals surface area contributed by atoms with E-state index in [0.29, 0.717) is 25.4 Å². The van der Waals surface area contributed by atoms with Crippen LogP contribution < -0.4 is 5.32 Å². The quantitative estimate of drug-likeness (QED) is 0.868. The lowest BCUT2D eigenvalue weighted by Gasteiger charge is -2.18. The van der Waals surface area contributed by atoms with Gasteiger partial charge in [0.15, 0.2) is 0 Å². The fourth-order valence-corrected chi connectivity index (χ4v) is 2.50. The summed E-state index contributed by atoms with van der Waals surface area (Å²) in [5, 5.41) is 7.13. The van der Waals surface area contributed by atoms with Gasteiger partial charge in [0.05, 0.1) is 25.5 Å². The normalized spacial score (nSPS) is 22.5. The number of fused-ring (bicyclic) bond motifs is 1. The maximum absolute atomic E-state index is 12.4. The number of aromatic nitrogens is 3. The molecule has 20 heavy (non-hydrogen) atoms. The highest BCUT2D eigenvalue weighted by Gasteiger charge is 2.31. The molecule has 3 rings (SSSR count). The van der Waals surface area contributed by atoms with Crippen LogP contribution in [0.2, 0.25) is 0 Å². The molecular weight excluding hydrogens is 260 g/mol. The molecule has 1 amide bonds. The Morgan fingerprint density at radius 3 is 3.20 bits per heavy atom. The largest absolute Gasteiger partial charge is 0.376 e. The van der Waals surface area contributed by atoms with E-state index in [1.165, 1.54) is 0 Å². The highest BCUT2D eigenvalue weighted by molar-refractivity contribution is 6.00. The first-order valence-electron chi connectivity index (χ1n) is 6.69. The molecule has 0 spiro atoms. The van der Waals surface area contributed by atoms with Crippen molar-refractivity contribution in [1.29, 1.82) is 0 Å². The number of rotatable bonds is 4. The van der Waals surface area contributed by atoms with E-state index in [-0.39, 0.29) is 18.1 Å². The molecule has 0 radical (unpaired) electrons. The van der Waals surface area contributed by atoms with E-state index in [0.717, 1.165) is 5.65 Å². The molecule has 0 aromatic carbocycles. The zero-order valence-electron chi connectivity index (χ0n) is 11.6. The molecule has 0 saturated carbocycles. The van der Waals surface area contributed by atoms with Crippen LogP contribution in [0.4, 0.5) is 0 Å². The van der Waals surface area contributed by atoms with Gasteiger partial charge in [0, 0.05) is 26.0 Å². The summed E-state index contributed by atoms with van der Waals surface area (Å²) in [6.07, 6.45) is 5.17. The number of carbonyl (C=O) groups is 1. The standard InChI is InChI=1S/C13H18N4O3/c1-3-20-11-8-19-7-10(11)15-12(18)9-6-14-17-5-4-16(2)13(9)17/h4-6,10-11H,3,7-8H2,1-2H3,(H,15,18)/t10-,11-/m1/s1. The summed E-state index contributed by atoms with van der Waals surface area (Å²) in [6.45, 7) is 3.54. The second-order valence-electron chi connectivity index (χ2n) is 4.85. The Labute approximate surface area is 116 Å². The van der Waals surface area contributed by atoms with Crippen LogP contribution in [0.5, 0.6) is 0 Å². The van der Waals surface area contributed by atoms with Gasteiger partial charge in [0.2, 0.25) is 0 Å². The first kappa shape index (κ1) is 13.1. The molecule has 2 aromatic rings. The minimum absolute atomic E-state index is 0.0802. The van der Waals surface area contributed by atoms with Crippen molar-refractivity contribution >= 4 is 11.6 Å². The molecule has 2 aromatic heterocycles. The van der Waals surface area contributed by atoms with Crippen LogP contribution in [0.3, 0.4) is 0 Å². The lowest BCUT2D eigenvalue weighted by Crippen LogP contribution is -2.43. The summed E-state index contributed by atoms with van der Waals surface area (Å²) in [5.74, 6) is -0.151. The van der Waals surface area contributed by atoms with Gasteiger partial charge in [-0.1, -0.05) is 0 Å². The Morgan fingerprint density at radius 2 is 2.40 bits per heavy atom. The fraction of sp³-hybridized carbons (Fsp3) is 0.538. The van der Waals surface area contributed by atoms with Crippen molar-refractivity contribution in [3.63, 3.8) is 0 Å². The SMILES string of the molecule is CCO[C@@H]1COC[C@H]1NC(=O)c1cnn2ccn(C)c12. The van der Waals surface area contributed by atoms with Gasteiger partial charge < -0.3 is 19.4 Å². The molecule has 0 aliphatic carbocycles. The minimum Gasteiger partial charge on any atom is -0.376 e. The third kappa shape index (κ3) is 2.19. The Kier molecular flexibility index (Phi) is 3.45. The van der Waals surface area contributed by atoms with Crippen molar-refractivity contribution in [2.45, 2.75) is 19.1 Å². The number of aryl methyl sites for hydroxylation is 1. The molecule has 7 nitrogen and oxygen atoms in total. The van der Waals surface area contributed by atoms with Gasteiger partial charge in [-0.05, 0) is 6.92 Å². The number of imidazole rings is 1. The zero-order chi connectivity index (χ0) is 14.1. The zero-order valence-corrected chi connectivity index (χ0v) is 11.6. The topological polar surface area (TPSA) is 69.8 Å². The first-order chi connectivity index (χ1) is 9.70. The van der Waals surface area contributed by atoms with Crippen molar-refractivity contribution in [1.82, 2.24) is 19.5 Å². The van der Waals surface area contributed by atoms with E-state index < -0.39 is 0 Å². The lowest BCUT2D eigenvalue weighted by molar-refractivity contribution is 0.0402.